The van der Waals surface area contributed by atoms with Gasteiger partial charge in [-0.1, -0.05) is 0 Å². The van der Waals surface area contributed by atoms with Crippen molar-refractivity contribution in [3.05, 3.63) is 23.8 Å². The number of halogens is 2. The van der Waals surface area contributed by atoms with Crippen LogP contribution in [0.4, 0.5) is 20.2 Å². The highest BCUT2D eigenvalue weighted by Gasteiger charge is 2.19. The zero-order valence-electron chi connectivity index (χ0n) is 9.21. The van der Waals surface area contributed by atoms with Crippen molar-refractivity contribution in [2.45, 2.75) is 18.9 Å². The summed E-state index contributed by atoms with van der Waals surface area (Å²) in [5.41, 5.74) is 5.74. The third kappa shape index (κ3) is 2.94. The van der Waals surface area contributed by atoms with E-state index in [1.807, 2.05) is 0 Å². The van der Waals surface area contributed by atoms with Gasteiger partial charge < -0.3 is 11.1 Å². The van der Waals surface area contributed by atoms with E-state index in [0.717, 1.165) is 18.9 Å². The van der Waals surface area contributed by atoms with Crippen LogP contribution in [0.15, 0.2) is 12.1 Å². The molecule has 3 N–H and O–H groups in total. The van der Waals surface area contributed by atoms with E-state index in [-0.39, 0.29) is 17.4 Å². The molecule has 0 spiro atoms. The Kier molecular flexibility index (Phi) is 3.61. The molecule has 1 aliphatic heterocycles. The molecule has 0 aromatic heterocycles. The van der Waals surface area contributed by atoms with Crippen LogP contribution < -0.4 is 11.1 Å². The second-order valence-electron chi connectivity index (χ2n) is 4.12. The van der Waals surface area contributed by atoms with E-state index in [9.17, 15) is 13.0 Å². The van der Waals surface area contributed by atoms with Crippen LogP contribution in [0, 0.1) is 11.6 Å². The molecule has 1 aromatic rings. The Morgan fingerprint density at radius 1 is 1.29 bits per heavy atom. The van der Waals surface area contributed by atoms with Gasteiger partial charge in [0, 0.05) is 34.4 Å². The first-order valence-electron chi connectivity index (χ1n) is 5.42. The molecule has 1 saturated heterocycles. The van der Waals surface area contributed by atoms with Crippen molar-refractivity contribution in [2.24, 2.45) is 0 Å². The number of nitrogens with two attached hydrogens (primary N) is 1. The first kappa shape index (κ1) is 12.3. The third-order valence-corrected chi connectivity index (χ3v) is 4.22. The fourth-order valence-electron chi connectivity index (χ4n) is 1.86. The van der Waals surface area contributed by atoms with Gasteiger partial charge in [-0.05, 0) is 18.9 Å². The van der Waals surface area contributed by atoms with Crippen molar-refractivity contribution in [3.8, 4) is 0 Å². The summed E-state index contributed by atoms with van der Waals surface area (Å²) in [7, 11) is -0.752. The molecular formula is C11H14F2N2OS. The Bertz CT molecular complexity index is 443. The van der Waals surface area contributed by atoms with Crippen LogP contribution in [0.25, 0.3) is 0 Å². The molecule has 94 valence electrons. The zero-order chi connectivity index (χ0) is 12.4. The molecule has 1 aromatic carbocycles. The van der Waals surface area contributed by atoms with E-state index < -0.39 is 22.4 Å². The highest BCUT2D eigenvalue weighted by molar-refractivity contribution is 7.85. The largest absolute Gasteiger partial charge is 0.395 e. The summed E-state index contributed by atoms with van der Waals surface area (Å²) in [4.78, 5) is 0. The number of benzene rings is 1. The molecule has 0 aliphatic carbocycles. The SMILES string of the molecule is Nc1c(F)cc(F)cc1NC1CCS(=O)CC1. The third-order valence-electron chi connectivity index (χ3n) is 2.84. The molecule has 0 saturated carbocycles. The molecule has 0 radical (unpaired) electrons. The van der Waals surface area contributed by atoms with Crippen molar-refractivity contribution in [3.63, 3.8) is 0 Å². The fraction of sp³-hybridized carbons (Fsp3) is 0.455. The summed E-state index contributed by atoms with van der Waals surface area (Å²) in [6.07, 6.45) is 1.45. The summed E-state index contributed by atoms with van der Waals surface area (Å²) in [5, 5.41) is 3.01. The number of nitrogen functional groups attached to an aromatic ring is 1. The maximum atomic E-state index is 13.2. The molecular weight excluding hydrogens is 246 g/mol. The predicted molar refractivity (Wildman–Crippen MR) is 65.3 cm³/mol. The molecule has 0 unspecified atom stereocenters. The first-order valence-corrected chi connectivity index (χ1v) is 6.91. The van der Waals surface area contributed by atoms with Crippen molar-refractivity contribution < 1.29 is 13.0 Å². The number of hydrogen-bond donors (Lipinski definition) is 2. The van der Waals surface area contributed by atoms with Gasteiger partial charge >= 0.3 is 0 Å². The maximum absolute atomic E-state index is 13.2. The minimum Gasteiger partial charge on any atom is -0.395 e. The predicted octanol–water partition coefficient (Wildman–Crippen LogP) is 1.87. The maximum Gasteiger partial charge on any atom is 0.151 e. The van der Waals surface area contributed by atoms with E-state index in [2.05, 4.69) is 5.32 Å². The lowest BCUT2D eigenvalue weighted by Gasteiger charge is -2.24. The van der Waals surface area contributed by atoms with Gasteiger partial charge in [0.1, 0.15) is 5.82 Å². The molecule has 17 heavy (non-hydrogen) atoms. The van der Waals surface area contributed by atoms with Crippen LogP contribution in [0.1, 0.15) is 12.8 Å². The molecule has 6 heteroatoms. The summed E-state index contributed by atoms with van der Waals surface area (Å²) >= 11 is 0. The highest BCUT2D eigenvalue weighted by Crippen LogP contribution is 2.25. The number of anilines is 2. The van der Waals surface area contributed by atoms with Gasteiger partial charge in [0.2, 0.25) is 0 Å². The van der Waals surface area contributed by atoms with Gasteiger partial charge in [-0.15, -0.1) is 0 Å². The van der Waals surface area contributed by atoms with E-state index in [1.54, 1.807) is 0 Å². The van der Waals surface area contributed by atoms with E-state index in [4.69, 9.17) is 5.73 Å². The lowest BCUT2D eigenvalue weighted by Crippen LogP contribution is -2.29. The van der Waals surface area contributed by atoms with Crippen LogP contribution in [0.5, 0.6) is 0 Å². The lowest BCUT2D eigenvalue weighted by molar-refractivity contribution is 0.584. The standard InChI is InChI=1S/C11H14F2N2OS/c12-7-5-9(13)11(14)10(6-7)15-8-1-3-17(16)4-2-8/h5-6,8,15H,1-4,14H2. The number of rotatable bonds is 2. The van der Waals surface area contributed by atoms with Crippen molar-refractivity contribution in [2.75, 3.05) is 22.6 Å². The molecule has 0 atom stereocenters. The van der Waals surface area contributed by atoms with Gasteiger partial charge in [-0.3, -0.25) is 4.21 Å². The second kappa shape index (κ2) is 5.00. The van der Waals surface area contributed by atoms with Gasteiger partial charge in [-0.25, -0.2) is 8.78 Å². The molecule has 1 heterocycles. The fourth-order valence-corrected chi connectivity index (χ4v) is 3.16. The average molecular weight is 260 g/mol. The molecule has 2 rings (SSSR count). The Hall–Kier alpha value is -1.17. The second-order valence-corrected chi connectivity index (χ2v) is 5.81. The van der Waals surface area contributed by atoms with Crippen LogP contribution >= 0.6 is 0 Å². The average Bonchev–Trinajstić information content (AvgIpc) is 2.28. The minimum absolute atomic E-state index is 0.0712. The summed E-state index contributed by atoms with van der Waals surface area (Å²) < 4.78 is 37.4. The molecule has 0 amide bonds. The Morgan fingerprint density at radius 2 is 1.94 bits per heavy atom. The number of nitrogens with one attached hydrogen (secondary N) is 1. The van der Waals surface area contributed by atoms with Gasteiger partial charge in [0.25, 0.3) is 0 Å². The summed E-state index contributed by atoms with van der Waals surface area (Å²) in [6.45, 7) is 0. The molecule has 1 fully saturated rings. The molecule has 3 nitrogen and oxygen atoms in total. The summed E-state index contributed by atoms with van der Waals surface area (Å²) in [5.74, 6) is -0.171. The smallest absolute Gasteiger partial charge is 0.151 e. The Balaban J connectivity index is 2.10. The Morgan fingerprint density at radius 3 is 2.59 bits per heavy atom. The zero-order valence-corrected chi connectivity index (χ0v) is 10.0. The van der Waals surface area contributed by atoms with Crippen LogP contribution in [0.3, 0.4) is 0 Å². The van der Waals surface area contributed by atoms with Crippen molar-refractivity contribution in [1.29, 1.82) is 0 Å². The first-order chi connectivity index (χ1) is 8.06. The van der Waals surface area contributed by atoms with Gasteiger partial charge in [0.05, 0.1) is 11.4 Å². The van der Waals surface area contributed by atoms with E-state index in [1.165, 1.54) is 6.07 Å². The van der Waals surface area contributed by atoms with Crippen LogP contribution in [0.2, 0.25) is 0 Å². The van der Waals surface area contributed by atoms with Gasteiger partial charge in [-0.2, -0.15) is 0 Å². The van der Waals surface area contributed by atoms with Crippen molar-refractivity contribution >= 4 is 22.2 Å². The minimum atomic E-state index is -0.758. The summed E-state index contributed by atoms with van der Waals surface area (Å²) in [6, 6.07) is 2.02. The van der Waals surface area contributed by atoms with Crippen LogP contribution in [-0.2, 0) is 10.8 Å². The van der Waals surface area contributed by atoms with E-state index in [0.29, 0.717) is 11.5 Å². The number of hydrogen-bond acceptors (Lipinski definition) is 3. The molecule has 1 aliphatic rings. The van der Waals surface area contributed by atoms with Crippen LogP contribution in [-0.4, -0.2) is 21.8 Å². The highest BCUT2D eigenvalue weighted by atomic mass is 32.2. The quantitative estimate of drug-likeness (QED) is 0.798. The van der Waals surface area contributed by atoms with Gasteiger partial charge in [0.15, 0.2) is 5.82 Å². The molecule has 0 bridgehead atoms. The van der Waals surface area contributed by atoms with Crippen molar-refractivity contribution in [1.82, 2.24) is 0 Å². The lowest BCUT2D eigenvalue weighted by atomic mass is 10.1. The Labute approximate surface area is 101 Å². The normalized spacial score (nSPS) is 24.6. The van der Waals surface area contributed by atoms with E-state index >= 15 is 0 Å². The monoisotopic (exact) mass is 260 g/mol. The topological polar surface area (TPSA) is 55.1 Å².